The number of likely N-dealkylation sites (tertiary alicyclic amines) is 1. The van der Waals surface area contributed by atoms with Crippen LogP contribution in [-0.2, 0) is 0 Å². The van der Waals surface area contributed by atoms with Gasteiger partial charge in [0.15, 0.2) is 0 Å². The SMILES string of the molecule is CCC1CCNC(CN2CCC(C)(C)CC2)C1. The first-order valence-electron chi connectivity index (χ1n) is 7.55. The maximum absolute atomic E-state index is 3.71. The summed E-state index contributed by atoms with van der Waals surface area (Å²) in [6.45, 7) is 12.3. The van der Waals surface area contributed by atoms with Gasteiger partial charge in [0, 0.05) is 12.6 Å². The van der Waals surface area contributed by atoms with E-state index in [2.05, 4.69) is 31.0 Å². The van der Waals surface area contributed by atoms with Crippen LogP contribution in [0.4, 0.5) is 0 Å². The van der Waals surface area contributed by atoms with E-state index >= 15 is 0 Å². The van der Waals surface area contributed by atoms with Gasteiger partial charge in [-0.3, -0.25) is 0 Å². The van der Waals surface area contributed by atoms with Gasteiger partial charge in [0.1, 0.15) is 0 Å². The van der Waals surface area contributed by atoms with Crippen molar-refractivity contribution in [3.63, 3.8) is 0 Å². The summed E-state index contributed by atoms with van der Waals surface area (Å²) >= 11 is 0. The van der Waals surface area contributed by atoms with Gasteiger partial charge in [-0.05, 0) is 56.7 Å². The van der Waals surface area contributed by atoms with Crippen molar-refractivity contribution < 1.29 is 0 Å². The second-order valence-electron chi connectivity index (χ2n) is 6.91. The maximum atomic E-state index is 3.71. The van der Waals surface area contributed by atoms with E-state index in [1.54, 1.807) is 0 Å². The van der Waals surface area contributed by atoms with Gasteiger partial charge < -0.3 is 10.2 Å². The Hall–Kier alpha value is -0.0800. The van der Waals surface area contributed by atoms with E-state index in [1.165, 1.54) is 58.3 Å². The van der Waals surface area contributed by atoms with E-state index in [0.29, 0.717) is 5.41 Å². The lowest BCUT2D eigenvalue weighted by Crippen LogP contribution is -2.48. The zero-order valence-electron chi connectivity index (χ0n) is 12.0. The van der Waals surface area contributed by atoms with Crippen molar-refractivity contribution in [3.05, 3.63) is 0 Å². The fourth-order valence-corrected chi connectivity index (χ4v) is 3.26. The highest BCUT2D eigenvalue weighted by Crippen LogP contribution is 2.30. The number of rotatable bonds is 3. The predicted octanol–water partition coefficient (Wildman–Crippen LogP) is 2.89. The molecule has 100 valence electrons. The lowest BCUT2D eigenvalue weighted by atomic mass is 9.82. The Kier molecular flexibility index (Phi) is 4.48. The molecule has 0 spiro atoms. The zero-order valence-corrected chi connectivity index (χ0v) is 12.0. The molecule has 2 atom stereocenters. The first-order chi connectivity index (χ1) is 8.09. The number of piperidine rings is 2. The second-order valence-corrected chi connectivity index (χ2v) is 6.91. The first kappa shape index (κ1) is 13.4. The van der Waals surface area contributed by atoms with Crippen LogP contribution in [0.5, 0.6) is 0 Å². The molecular formula is C15H30N2. The summed E-state index contributed by atoms with van der Waals surface area (Å²) in [5, 5.41) is 3.71. The first-order valence-corrected chi connectivity index (χ1v) is 7.55. The average Bonchev–Trinajstić information content (AvgIpc) is 2.32. The molecular weight excluding hydrogens is 208 g/mol. The second kappa shape index (κ2) is 5.71. The van der Waals surface area contributed by atoms with Crippen LogP contribution in [0, 0.1) is 11.3 Å². The molecule has 0 amide bonds. The summed E-state index contributed by atoms with van der Waals surface area (Å²) in [7, 11) is 0. The summed E-state index contributed by atoms with van der Waals surface area (Å²) in [5.74, 6) is 0.975. The van der Waals surface area contributed by atoms with Crippen molar-refractivity contribution in [2.24, 2.45) is 11.3 Å². The van der Waals surface area contributed by atoms with Crippen LogP contribution in [-0.4, -0.2) is 37.1 Å². The van der Waals surface area contributed by atoms with E-state index in [0.717, 1.165) is 12.0 Å². The summed E-state index contributed by atoms with van der Waals surface area (Å²) in [6.07, 6.45) is 6.90. The smallest absolute Gasteiger partial charge is 0.0197 e. The molecule has 2 unspecified atom stereocenters. The monoisotopic (exact) mass is 238 g/mol. The Morgan fingerprint density at radius 1 is 1.24 bits per heavy atom. The van der Waals surface area contributed by atoms with Gasteiger partial charge in [-0.2, -0.15) is 0 Å². The van der Waals surface area contributed by atoms with Gasteiger partial charge in [0.25, 0.3) is 0 Å². The molecule has 0 saturated carbocycles. The number of hydrogen-bond donors (Lipinski definition) is 1. The van der Waals surface area contributed by atoms with E-state index in [-0.39, 0.29) is 0 Å². The number of nitrogens with zero attached hydrogens (tertiary/aromatic N) is 1. The Morgan fingerprint density at radius 3 is 2.59 bits per heavy atom. The Labute approximate surface area is 107 Å². The van der Waals surface area contributed by atoms with Gasteiger partial charge in [-0.1, -0.05) is 27.2 Å². The lowest BCUT2D eigenvalue weighted by molar-refractivity contribution is 0.112. The van der Waals surface area contributed by atoms with Crippen LogP contribution in [0.25, 0.3) is 0 Å². The van der Waals surface area contributed by atoms with Gasteiger partial charge in [-0.15, -0.1) is 0 Å². The van der Waals surface area contributed by atoms with Crippen molar-refractivity contribution in [2.75, 3.05) is 26.2 Å². The highest BCUT2D eigenvalue weighted by atomic mass is 15.2. The van der Waals surface area contributed by atoms with E-state index < -0.39 is 0 Å². The average molecular weight is 238 g/mol. The van der Waals surface area contributed by atoms with Crippen LogP contribution in [0.3, 0.4) is 0 Å². The molecule has 0 aromatic heterocycles. The molecule has 2 heterocycles. The molecule has 0 aromatic carbocycles. The summed E-state index contributed by atoms with van der Waals surface area (Å²) in [4.78, 5) is 2.68. The predicted molar refractivity (Wildman–Crippen MR) is 74.3 cm³/mol. The van der Waals surface area contributed by atoms with Crippen molar-refractivity contribution >= 4 is 0 Å². The molecule has 0 radical (unpaired) electrons. The fraction of sp³-hybridized carbons (Fsp3) is 1.00. The molecule has 0 aromatic rings. The minimum Gasteiger partial charge on any atom is -0.313 e. The zero-order chi connectivity index (χ0) is 12.3. The van der Waals surface area contributed by atoms with E-state index in [1.807, 2.05) is 0 Å². The number of nitrogens with one attached hydrogen (secondary N) is 1. The standard InChI is InChI=1S/C15H30N2/c1-4-13-5-8-16-14(11-13)12-17-9-6-15(2,3)7-10-17/h13-14,16H,4-12H2,1-3H3. The molecule has 2 fully saturated rings. The van der Waals surface area contributed by atoms with Crippen LogP contribution < -0.4 is 5.32 Å². The minimum atomic E-state index is 0.586. The van der Waals surface area contributed by atoms with Crippen LogP contribution in [0.15, 0.2) is 0 Å². The quantitative estimate of drug-likeness (QED) is 0.813. The van der Waals surface area contributed by atoms with Crippen molar-refractivity contribution in [2.45, 2.75) is 58.9 Å². The van der Waals surface area contributed by atoms with Crippen LogP contribution >= 0.6 is 0 Å². The minimum absolute atomic E-state index is 0.586. The molecule has 1 N–H and O–H groups in total. The lowest BCUT2D eigenvalue weighted by Gasteiger charge is -2.40. The summed E-state index contributed by atoms with van der Waals surface area (Å²) in [6, 6.07) is 0.759. The van der Waals surface area contributed by atoms with Crippen molar-refractivity contribution in [3.8, 4) is 0 Å². The van der Waals surface area contributed by atoms with E-state index in [4.69, 9.17) is 0 Å². The highest BCUT2D eigenvalue weighted by Gasteiger charge is 2.28. The van der Waals surface area contributed by atoms with Gasteiger partial charge in [-0.25, -0.2) is 0 Å². The molecule has 2 aliphatic heterocycles. The van der Waals surface area contributed by atoms with Crippen LogP contribution in [0.1, 0.15) is 52.9 Å². The summed E-state index contributed by atoms with van der Waals surface area (Å²) in [5.41, 5.74) is 0.586. The Balaban J connectivity index is 1.74. The third-order valence-corrected chi connectivity index (χ3v) is 4.87. The van der Waals surface area contributed by atoms with E-state index in [9.17, 15) is 0 Å². The van der Waals surface area contributed by atoms with Crippen molar-refractivity contribution in [1.29, 1.82) is 0 Å². The molecule has 2 heteroatoms. The Morgan fingerprint density at radius 2 is 1.94 bits per heavy atom. The van der Waals surface area contributed by atoms with Gasteiger partial charge in [0.2, 0.25) is 0 Å². The normalized spacial score (nSPS) is 34.8. The largest absolute Gasteiger partial charge is 0.313 e. The van der Waals surface area contributed by atoms with Gasteiger partial charge >= 0.3 is 0 Å². The fourth-order valence-electron chi connectivity index (χ4n) is 3.26. The topological polar surface area (TPSA) is 15.3 Å². The summed E-state index contributed by atoms with van der Waals surface area (Å²) < 4.78 is 0. The highest BCUT2D eigenvalue weighted by molar-refractivity contribution is 4.84. The van der Waals surface area contributed by atoms with Crippen LogP contribution in [0.2, 0.25) is 0 Å². The number of hydrogen-bond acceptors (Lipinski definition) is 2. The Bertz CT molecular complexity index is 227. The third kappa shape index (κ3) is 3.96. The molecule has 2 saturated heterocycles. The third-order valence-electron chi connectivity index (χ3n) is 4.87. The van der Waals surface area contributed by atoms with Gasteiger partial charge in [0.05, 0.1) is 0 Å². The molecule has 2 aliphatic rings. The maximum Gasteiger partial charge on any atom is 0.0197 e. The molecule has 17 heavy (non-hydrogen) atoms. The van der Waals surface area contributed by atoms with Crippen molar-refractivity contribution in [1.82, 2.24) is 10.2 Å². The molecule has 2 nitrogen and oxygen atoms in total. The molecule has 2 rings (SSSR count). The molecule has 0 bridgehead atoms. The molecule has 0 aliphatic carbocycles.